The van der Waals surface area contributed by atoms with Gasteiger partial charge >= 0.3 is 0 Å². The molecule has 7 nitrogen and oxygen atoms in total. The maximum absolute atomic E-state index is 10.6. The Balaban J connectivity index is 2.18. The van der Waals surface area contributed by atoms with E-state index in [0.29, 0.717) is 10.8 Å². The van der Waals surface area contributed by atoms with E-state index in [1.165, 1.54) is 30.0 Å². The SMILES string of the molecule is N#Cc1cc(C#N)c(SCc2ccc([N+](=O)[O-])cc2)nc1N. The molecule has 0 aliphatic carbocycles. The van der Waals surface area contributed by atoms with Gasteiger partial charge in [-0.25, -0.2) is 4.98 Å². The molecular weight excluding hydrogens is 302 g/mol. The number of nitrogens with two attached hydrogens (primary N) is 1. The second kappa shape index (κ2) is 6.57. The van der Waals surface area contributed by atoms with Crippen molar-refractivity contribution in [2.45, 2.75) is 10.8 Å². The molecule has 1 aromatic carbocycles. The third kappa shape index (κ3) is 3.32. The van der Waals surface area contributed by atoms with E-state index in [0.717, 1.165) is 5.56 Å². The van der Waals surface area contributed by atoms with Crippen LogP contribution in [0.15, 0.2) is 35.4 Å². The van der Waals surface area contributed by atoms with E-state index in [1.807, 2.05) is 12.1 Å². The topological polar surface area (TPSA) is 130 Å². The summed E-state index contributed by atoms with van der Waals surface area (Å²) in [6.07, 6.45) is 0. The quantitative estimate of drug-likeness (QED) is 0.521. The molecule has 0 spiro atoms. The molecule has 0 saturated carbocycles. The highest BCUT2D eigenvalue weighted by Gasteiger charge is 2.11. The van der Waals surface area contributed by atoms with Crippen molar-refractivity contribution >= 4 is 23.3 Å². The molecule has 108 valence electrons. The molecule has 8 heteroatoms. The maximum atomic E-state index is 10.6. The first-order valence-electron chi connectivity index (χ1n) is 6.02. The number of pyridine rings is 1. The Morgan fingerprint density at radius 2 is 1.86 bits per heavy atom. The number of nitro groups is 1. The first kappa shape index (κ1) is 15.3. The number of hydrogen-bond acceptors (Lipinski definition) is 7. The second-order valence-electron chi connectivity index (χ2n) is 4.21. The van der Waals surface area contributed by atoms with E-state index in [1.54, 1.807) is 12.1 Å². The number of aromatic nitrogens is 1. The Hall–Kier alpha value is -3.10. The fourth-order valence-corrected chi connectivity index (χ4v) is 2.57. The molecule has 0 fully saturated rings. The summed E-state index contributed by atoms with van der Waals surface area (Å²) in [6, 6.07) is 11.4. The summed E-state index contributed by atoms with van der Waals surface area (Å²) in [5.74, 6) is 0.554. The van der Waals surface area contributed by atoms with E-state index >= 15 is 0 Å². The number of rotatable bonds is 4. The summed E-state index contributed by atoms with van der Waals surface area (Å²) >= 11 is 1.28. The lowest BCUT2D eigenvalue weighted by atomic mass is 10.2. The highest BCUT2D eigenvalue weighted by Crippen LogP contribution is 2.27. The molecule has 2 aromatic rings. The third-order valence-corrected chi connectivity index (χ3v) is 3.84. The molecule has 0 atom stereocenters. The van der Waals surface area contributed by atoms with Crippen LogP contribution in [0, 0.1) is 32.8 Å². The summed E-state index contributed by atoms with van der Waals surface area (Å²) in [7, 11) is 0. The predicted molar refractivity (Wildman–Crippen MR) is 80.7 cm³/mol. The Morgan fingerprint density at radius 1 is 1.23 bits per heavy atom. The highest BCUT2D eigenvalue weighted by atomic mass is 32.2. The molecule has 0 saturated heterocycles. The van der Waals surface area contributed by atoms with Crippen LogP contribution in [0.2, 0.25) is 0 Å². The molecule has 0 amide bonds. The van der Waals surface area contributed by atoms with Crippen molar-refractivity contribution in [3.8, 4) is 12.1 Å². The van der Waals surface area contributed by atoms with E-state index in [9.17, 15) is 10.1 Å². The van der Waals surface area contributed by atoms with Gasteiger partial charge < -0.3 is 5.73 Å². The minimum Gasteiger partial charge on any atom is -0.383 e. The van der Waals surface area contributed by atoms with Crippen LogP contribution in [0.5, 0.6) is 0 Å². The zero-order valence-electron chi connectivity index (χ0n) is 11.2. The Labute approximate surface area is 130 Å². The first-order chi connectivity index (χ1) is 10.5. The number of nitro benzene ring substituents is 1. The Bertz CT molecular complexity index is 806. The van der Waals surface area contributed by atoms with Gasteiger partial charge in [0.2, 0.25) is 0 Å². The number of benzene rings is 1. The summed E-state index contributed by atoms with van der Waals surface area (Å²) in [5.41, 5.74) is 6.96. The van der Waals surface area contributed by atoms with Gasteiger partial charge in [-0.1, -0.05) is 12.1 Å². The fourth-order valence-electron chi connectivity index (χ4n) is 1.66. The van der Waals surface area contributed by atoms with Crippen molar-refractivity contribution < 1.29 is 4.92 Å². The van der Waals surface area contributed by atoms with Gasteiger partial charge in [0.05, 0.1) is 16.1 Å². The van der Waals surface area contributed by atoms with Crippen molar-refractivity contribution in [2.75, 3.05) is 5.73 Å². The number of thioether (sulfide) groups is 1. The maximum Gasteiger partial charge on any atom is 0.269 e. The number of nitrogen functional groups attached to an aromatic ring is 1. The third-order valence-electron chi connectivity index (χ3n) is 2.78. The van der Waals surface area contributed by atoms with E-state index in [-0.39, 0.29) is 22.6 Å². The monoisotopic (exact) mass is 311 g/mol. The van der Waals surface area contributed by atoms with Gasteiger partial charge in [-0.2, -0.15) is 10.5 Å². The lowest BCUT2D eigenvalue weighted by Crippen LogP contribution is -1.99. The second-order valence-corrected chi connectivity index (χ2v) is 5.17. The van der Waals surface area contributed by atoms with Crippen LogP contribution < -0.4 is 5.73 Å². The van der Waals surface area contributed by atoms with Gasteiger partial charge in [0, 0.05) is 17.9 Å². The number of anilines is 1. The van der Waals surface area contributed by atoms with Crippen LogP contribution in [-0.2, 0) is 5.75 Å². The zero-order valence-corrected chi connectivity index (χ0v) is 12.0. The van der Waals surface area contributed by atoms with Crippen LogP contribution in [0.1, 0.15) is 16.7 Å². The van der Waals surface area contributed by atoms with E-state index < -0.39 is 4.92 Å². The molecule has 22 heavy (non-hydrogen) atoms. The predicted octanol–water partition coefficient (Wildman–Crippen LogP) is 2.61. The molecule has 2 N–H and O–H groups in total. The fraction of sp³-hybridized carbons (Fsp3) is 0.0714. The number of hydrogen-bond donors (Lipinski definition) is 1. The molecule has 0 unspecified atom stereocenters. The minimum absolute atomic E-state index is 0.0206. The van der Waals surface area contributed by atoms with Crippen LogP contribution in [0.3, 0.4) is 0 Å². The van der Waals surface area contributed by atoms with E-state index in [4.69, 9.17) is 16.3 Å². The van der Waals surface area contributed by atoms with Gasteiger partial charge in [-0.15, -0.1) is 11.8 Å². The van der Waals surface area contributed by atoms with Gasteiger partial charge in [-0.05, 0) is 11.6 Å². The van der Waals surface area contributed by atoms with Crippen LogP contribution >= 0.6 is 11.8 Å². The van der Waals surface area contributed by atoms with Gasteiger partial charge in [-0.3, -0.25) is 10.1 Å². The molecule has 1 aromatic heterocycles. The van der Waals surface area contributed by atoms with E-state index in [2.05, 4.69) is 4.98 Å². The van der Waals surface area contributed by atoms with Crippen molar-refractivity contribution in [2.24, 2.45) is 0 Å². The minimum atomic E-state index is -0.465. The summed E-state index contributed by atoms with van der Waals surface area (Å²) in [6.45, 7) is 0. The summed E-state index contributed by atoms with van der Waals surface area (Å²) in [4.78, 5) is 14.2. The number of non-ortho nitro benzene ring substituents is 1. The lowest BCUT2D eigenvalue weighted by Gasteiger charge is -2.05. The molecule has 0 radical (unpaired) electrons. The average Bonchev–Trinajstić information content (AvgIpc) is 2.53. The molecule has 0 aliphatic heterocycles. The first-order valence-corrected chi connectivity index (χ1v) is 7.00. The van der Waals surface area contributed by atoms with Crippen molar-refractivity contribution in [1.29, 1.82) is 10.5 Å². The normalized spacial score (nSPS) is 9.73. The molecular formula is C14H9N5O2S. The van der Waals surface area contributed by atoms with Crippen molar-refractivity contribution in [3.63, 3.8) is 0 Å². The average molecular weight is 311 g/mol. The summed E-state index contributed by atoms with van der Waals surface area (Å²) < 4.78 is 0. The van der Waals surface area contributed by atoms with Crippen LogP contribution in [0.4, 0.5) is 11.5 Å². The largest absolute Gasteiger partial charge is 0.383 e. The van der Waals surface area contributed by atoms with Gasteiger partial charge in [0.15, 0.2) is 0 Å². The standard InChI is InChI=1S/C14H9N5O2S/c15-6-10-5-11(7-16)14(18-13(10)17)22-8-9-1-3-12(4-2-9)19(20)21/h1-5H,8H2,(H2,17,18). The van der Waals surface area contributed by atoms with Crippen molar-refractivity contribution in [1.82, 2.24) is 4.98 Å². The smallest absolute Gasteiger partial charge is 0.269 e. The van der Waals surface area contributed by atoms with Gasteiger partial charge in [0.1, 0.15) is 23.0 Å². The molecule has 0 bridgehead atoms. The summed E-state index contributed by atoms with van der Waals surface area (Å²) in [5, 5.41) is 29.0. The molecule has 2 rings (SSSR count). The van der Waals surface area contributed by atoms with Crippen molar-refractivity contribution in [3.05, 3.63) is 57.1 Å². The Kier molecular flexibility index (Phi) is 4.57. The highest BCUT2D eigenvalue weighted by molar-refractivity contribution is 7.98. The molecule has 1 heterocycles. The van der Waals surface area contributed by atoms with Gasteiger partial charge in [0.25, 0.3) is 5.69 Å². The molecule has 0 aliphatic rings. The zero-order chi connectivity index (χ0) is 16.1. The number of nitrogens with zero attached hydrogens (tertiary/aromatic N) is 4. The number of nitriles is 2. The lowest BCUT2D eigenvalue weighted by molar-refractivity contribution is -0.384. The van der Waals surface area contributed by atoms with Crippen LogP contribution in [0.25, 0.3) is 0 Å². The Morgan fingerprint density at radius 3 is 2.41 bits per heavy atom. The van der Waals surface area contributed by atoms with Crippen LogP contribution in [-0.4, -0.2) is 9.91 Å².